The van der Waals surface area contributed by atoms with E-state index in [0.717, 1.165) is 65.5 Å². The molecule has 0 aliphatic carbocycles. The van der Waals surface area contributed by atoms with Gasteiger partial charge in [0.15, 0.2) is 0 Å². The Morgan fingerprint density at radius 2 is 0.516 bits per heavy atom. The number of benzene rings is 10. The summed E-state index contributed by atoms with van der Waals surface area (Å²) >= 11 is 0. The lowest BCUT2D eigenvalue weighted by atomic mass is 9.88. The fourth-order valence-electron chi connectivity index (χ4n) is 7.76. The molecule has 0 radical (unpaired) electrons. The molecule has 0 bridgehead atoms. The molecule has 0 aromatic heterocycles. The van der Waals surface area contributed by atoms with Gasteiger partial charge in [0.25, 0.3) is 0 Å². The lowest BCUT2D eigenvalue weighted by Crippen LogP contribution is -2.22. The van der Waals surface area contributed by atoms with Crippen LogP contribution in [-0.2, 0) is 0 Å². The van der Waals surface area contributed by atoms with Crippen LogP contribution >= 0.6 is 16.8 Å². The van der Waals surface area contributed by atoms with Crippen LogP contribution in [0.25, 0.3) is 54.9 Å². The predicted molar refractivity (Wildman–Crippen MR) is 259 cm³/mol. The van der Waals surface area contributed by atoms with Crippen LogP contribution in [0.1, 0.15) is 0 Å². The molecule has 10 rings (SSSR count). The Hall–Kier alpha value is -7.22. The standard InChI is InChI=1S/C56H40O4P2/c1-7-23-41(24-8-1)51-39-43-27-19-21-37-49(43)53(55(51)61(57-45-29-11-3-12-30-45)58-46-31-13-4-14-32-46)54-50-38-22-20-28-44(50)40-52(42-25-9-2-10-26-42)56(54)62(59-47-33-15-5-16-34-47)60-48-35-17-6-18-36-48/h1-40H. The maximum absolute atomic E-state index is 7.18. The molecular weight excluding hydrogens is 799 g/mol. The highest BCUT2D eigenvalue weighted by Crippen LogP contribution is 2.52. The van der Waals surface area contributed by atoms with Crippen molar-refractivity contribution in [3.8, 4) is 56.4 Å². The summed E-state index contributed by atoms with van der Waals surface area (Å²) in [6, 6.07) is 82.8. The van der Waals surface area contributed by atoms with E-state index in [-0.39, 0.29) is 0 Å². The maximum atomic E-state index is 7.18. The zero-order valence-electron chi connectivity index (χ0n) is 33.6. The van der Waals surface area contributed by atoms with Gasteiger partial charge in [-0.05, 0) is 104 Å². The van der Waals surface area contributed by atoms with Crippen molar-refractivity contribution in [2.24, 2.45) is 0 Å². The lowest BCUT2D eigenvalue weighted by molar-refractivity contribution is 0.501. The Morgan fingerprint density at radius 3 is 0.823 bits per heavy atom. The van der Waals surface area contributed by atoms with Gasteiger partial charge in [-0.2, -0.15) is 0 Å². The van der Waals surface area contributed by atoms with Gasteiger partial charge in [-0.25, -0.2) is 0 Å². The summed E-state index contributed by atoms with van der Waals surface area (Å²) in [6.07, 6.45) is 0. The highest BCUT2D eigenvalue weighted by molar-refractivity contribution is 7.58. The Morgan fingerprint density at radius 1 is 0.258 bits per heavy atom. The van der Waals surface area contributed by atoms with Crippen molar-refractivity contribution in [2.45, 2.75) is 0 Å². The molecule has 0 saturated carbocycles. The summed E-state index contributed by atoms with van der Waals surface area (Å²) < 4.78 is 28.7. The van der Waals surface area contributed by atoms with Crippen LogP contribution < -0.4 is 28.7 Å². The molecule has 4 nitrogen and oxygen atoms in total. The lowest BCUT2D eigenvalue weighted by Gasteiger charge is -2.29. The van der Waals surface area contributed by atoms with Crippen LogP contribution in [0.4, 0.5) is 0 Å². The van der Waals surface area contributed by atoms with E-state index in [1.54, 1.807) is 0 Å². The molecule has 0 N–H and O–H groups in total. The number of hydrogen-bond acceptors (Lipinski definition) is 4. The maximum Gasteiger partial charge on any atom is 0.327 e. The van der Waals surface area contributed by atoms with E-state index < -0.39 is 16.8 Å². The van der Waals surface area contributed by atoms with Crippen molar-refractivity contribution in [1.82, 2.24) is 0 Å². The van der Waals surface area contributed by atoms with Gasteiger partial charge in [0.2, 0.25) is 0 Å². The van der Waals surface area contributed by atoms with Gasteiger partial charge in [-0.15, -0.1) is 0 Å². The number of rotatable bonds is 13. The van der Waals surface area contributed by atoms with Gasteiger partial charge in [0, 0.05) is 11.1 Å². The zero-order valence-corrected chi connectivity index (χ0v) is 35.4. The van der Waals surface area contributed by atoms with Crippen molar-refractivity contribution in [1.29, 1.82) is 0 Å². The first kappa shape index (κ1) is 38.9. The van der Waals surface area contributed by atoms with Crippen LogP contribution in [0.5, 0.6) is 23.0 Å². The summed E-state index contributed by atoms with van der Waals surface area (Å²) in [5, 5.41) is 6.13. The molecule has 10 aromatic rings. The molecule has 0 heterocycles. The summed E-state index contributed by atoms with van der Waals surface area (Å²) in [4.78, 5) is 0. The number of hydrogen-bond donors (Lipinski definition) is 0. The fourth-order valence-corrected chi connectivity index (χ4v) is 11.1. The minimum atomic E-state index is -1.89. The average molecular weight is 839 g/mol. The topological polar surface area (TPSA) is 36.9 Å². The van der Waals surface area contributed by atoms with Gasteiger partial charge >= 0.3 is 16.8 Å². The molecule has 0 amide bonds. The minimum Gasteiger partial charge on any atom is -0.435 e. The van der Waals surface area contributed by atoms with Gasteiger partial charge < -0.3 is 18.1 Å². The molecule has 0 fully saturated rings. The summed E-state index contributed by atoms with van der Waals surface area (Å²) in [6.45, 7) is 0. The zero-order chi connectivity index (χ0) is 41.5. The molecule has 0 aliphatic rings. The van der Waals surface area contributed by atoms with E-state index >= 15 is 0 Å². The average Bonchev–Trinajstić information content (AvgIpc) is 3.34. The molecule has 0 spiro atoms. The van der Waals surface area contributed by atoms with E-state index in [9.17, 15) is 0 Å². The van der Waals surface area contributed by atoms with Crippen LogP contribution in [0.2, 0.25) is 0 Å². The van der Waals surface area contributed by atoms with E-state index in [1.807, 2.05) is 121 Å². The highest BCUT2D eigenvalue weighted by atomic mass is 31.2. The van der Waals surface area contributed by atoms with Crippen molar-refractivity contribution < 1.29 is 18.1 Å². The van der Waals surface area contributed by atoms with Gasteiger partial charge in [0.1, 0.15) is 23.0 Å². The van der Waals surface area contributed by atoms with Crippen LogP contribution in [-0.4, -0.2) is 0 Å². The smallest absolute Gasteiger partial charge is 0.327 e. The second kappa shape index (κ2) is 18.2. The minimum absolute atomic E-state index is 0.706. The summed E-state index contributed by atoms with van der Waals surface area (Å²) in [5.41, 5.74) is 6.09. The van der Waals surface area contributed by atoms with Gasteiger partial charge in [0.05, 0.1) is 10.6 Å². The SMILES string of the molecule is c1ccc(OP(Oc2ccccc2)c2c(-c3ccccc3)cc3ccccc3c2-c2c(P(Oc3ccccc3)Oc3ccccc3)c(-c3ccccc3)cc3ccccc23)cc1. The van der Waals surface area contributed by atoms with Crippen molar-refractivity contribution in [3.63, 3.8) is 0 Å². The van der Waals surface area contributed by atoms with Crippen molar-refractivity contribution in [3.05, 3.63) is 243 Å². The molecule has 0 saturated heterocycles. The molecule has 298 valence electrons. The third-order valence-electron chi connectivity index (χ3n) is 10.6. The van der Waals surface area contributed by atoms with E-state index in [1.165, 1.54) is 0 Å². The molecule has 6 heteroatoms. The number of para-hydroxylation sites is 4. The monoisotopic (exact) mass is 838 g/mol. The Balaban J connectivity index is 1.38. The first-order valence-electron chi connectivity index (χ1n) is 20.5. The molecular formula is C56H40O4P2. The molecule has 0 aliphatic heterocycles. The van der Waals surface area contributed by atoms with Crippen molar-refractivity contribution >= 4 is 48.9 Å². The largest absolute Gasteiger partial charge is 0.435 e. The van der Waals surface area contributed by atoms with E-state index in [0.29, 0.717) is 23.0 Å². The van der Waals surface area contributed by atoms with Crippen LogP contribution in [0.3, 0.4) is 0 Å². The van der Waals surface area contributed by atoms with Gasteiger partial charge in [-0.1, -0.05) is 182 Å². The fraction of sp³-hybridized carbons (Fsp3) is 0. The van der Waals surface area contributed by atoms with E-state index in [2.05, 4.69) is 121 Å². The molecule has 0 atom stereocenters. The highest BCUT2D eigenvalue weighted by Gasteiger charge is 2.35. The summed E-state index contributed by atoms with van der Waals surface area (Å²) in [5.74, 6) is 2.83. The Bertz CT molecular complexity index is 2770. The Kier molecular flexibility index (Phi) is 11.4. The quantitative estimate of drug-likeness (QED) is 0.108. The predicted octanol–water partition coefficient (Wildman–Crippen LogP) is 15.2. The van der Waals surface area contributed by atoms with Gasteiger partial charge in [-0.3, -0.25) is 0 Å². The second-order valence-electron chi connectivity index (χ2n) is 14.6. The van der Waals surface area contributed by atoms with Crippen LogP contribution in [0.15, 0.2) is 243 Å². The van der Waals surface area contributed by atoms with Crippen molar-refractivity contribution in [2.75, 3.05) is 0 Å². The normalized spacial score (nSPS) is 11.2. The first-order valence-corrected chi connectivity index (χ1v) is 22.9. The third-order valence-corrected chi connectivity index (χ3v) is 13.7. The third kappa shape index (κ3) is 8.27. The number of fused-ring (bicyclic) bond motifs is 2. The summed E-state index contributed by atoms with van der Waals surface area (Å²) in [7, 11) is -3.78. The van der Waals surface area contributed by atoms with Crippen LogP contribution in [0, 0.1) is 0 Å². The Labute approximate surface area is 364 Å². The van der Waals surface area contributed by atoms with E-state index in [4.69, 9.17) is 18.1 Å². The molecule has 62 heavy (non-hydrogen) atoms. The second-order valence-corrected chi connectivity index (χ2v) is 17.3. The molecule has 0 unspecified atom stereocenters. The first-order chi connectivity index (χ1) is 30.8. The molecule has 10 aromatic carbocycles.